The number of carbonyl (C=O) groups is 2. The van der Waals surface area contributed by atoms with Crippen LogP contribution in [-0.4, -0.2) is 28.8 Å². The lowest BCUT2D eigenvalue weighted by Crippen LogP contribution is -2.21. The number of ether oxygens (including phenoxy) is 1. The Balaban J connectivity index is 2.25. The zero-order chi connectivity index (χ0) is 14.7. The molecule has 0 saturated carbocycles. The van der Waals surface area contributed by atoms with Gasteiger partial charge in [0.25, 0.3) is 0 Å². The number of halogens is 1. The number of benzene rings is 1. The molecule has 2 rings (SSSR count). The van der Waals surface area contributed by atoms with Crippen LogP contribution >= 0.6 is 27.3 Å². The van der Waals surface area contributed by atoms with Crippen molar-refractivity contribution in [2.45, 2.75) is 18.2 Å². The molecule has 1 heterocycles. The van der Waals surface area contributed by atoms with E-state index >= 15 is 0 Å². The van der Waals surface area contributed by atoms with Gasteiger partial charge in [0, 0.05) is 0 Å². The molecular weight excluding hydrogens is 344 g/mol. The minimum Gasteiger partial charge on any atom is -0.465 e. The van der Waals surface area contributed by atoms with Gasteiger partial charge < -0.3 is 10.1 Å². The first kappa shape index (κ1) is 14.9. The number of hydrogen-bond donors (Lipinski definition) is 1. The van der Waals surface area contributed by atoms with Crippen LogP contribution in [0.5, 0.6) is 0 Å². The van der Waals surface area contributed by atoms with Crippen LogP contribution in [0.25, 0.3) is 10.2 Å². The number of esters is 1. The summed E-state index contributed by atoms with van der Waals surface area (Å²) < 4.78 is 5.50. The molecule has 0 fully saturated rings. The van der Waals surface area contributed by atoms with Gasteiger partial charge in [-0.2, -0.15) is 0 Å². The molecule has 2 aromatic rings. The number of hydrogen-bond acceptors (Lipinski definition) is 5. The van der Waals surface area contributed by atoms with Gasteiger partial charge in [0.15, 0.2) is 5.13 Å². The molecule has 1 aromatic carbocycles. The van der Waals surface area contributed by atoms with Crippen molar-refractivity contribution in [1.82, 2.24) is 4.98 Å². The Morgan fingerprint density at radius 3 is 2.90 bits per heavy atom. The van der Waals surface area contributed by atoms with E-state index in [0.29, 0.717) is 17.1 Å². The highest BCUT2D eigenvalue weighted by Gasteiger charge is 2.15. The van der Waals surface area contributed by atoms with Gasteiger partial charge in [-0.15, -0.1) is 0 Å². The van der Waals surface area contributed by atoms with Gasteiger partial charge in [-0.3, -0.25) is 4.79 Å². The maximum absolute atomic E-state index is 11.8. The predicted octanol–water partition coefficient (Wildman–Crippen LogP) is 3.19. The Morgan fingerprint density at radius 2 is 2.25 bits per heavy atom. The van der Waals surface area contributed by atoms with E-state index in [1.165, 1.54) is 18.4 Å². The zero-order valence-electron chi connectivity index (χ0n) is 11.0. The molecule has 1 aromatic heterocycles. The largest absolute Gasteiger partial charge is 0.465 e. The molecule has 0 aliphatic carbocycles. The van der Waals surface area contributed by atoms with E-state index in [9.17, 15) is 9.59 Å². The third-order valence-electron chi connectivity index (χ3n) is 2.68. The lowest BCUT2D eigenvalue weighted by Gasteiger charge is -2.04. The summed E-state index contributed by atoms with van der Waals surface area (Å²) in [5.41, 5.74) is 1.20. The fraction of sp³-hybridized carbons (Fsp3) is 0.308. The number of alkyl halides is 1. The molecule has 0 aliphatic heterocycles. The van der Waals surface area contributed by atoms with Gasteiger partial charge in [-0.05, 0) is 24.6 Å². The Hall–Kier alpha value is -1.47. The summed E-state index contributed by atoms with van der Waals surface area (Å²) in [7, 11) is 1.34. The molecule has 0 radical (unpaired) electrons. The Labute approximate surface area is 128 Å². The average molecular weight is 357 g/mol. The van der Waals surface area contributed by atoms with Crippen molar-refractivity contribution >= 4 is 54.5 Å². The molecule has 0 unspecified atom stereocenters. The monoisotopic (exact) mass is 356 g/mol. The highest BCUT2D eigenvalue weighted by atomic mass is 79.9. The molecule has 0 saturated heterocycles. The van der Waals surface area contributed by atoms with Gasteiger partial charge in [-0.25, -0.2) is 9.78 Å². The average Bonchev–Trinajstić information content (AvgIpc) is 2.86. The van der Waals surface area contributed by atoms with E-state index in [0.717, 1.165) is 10.2 Å². The summed E-state index contributed by atoms with van der Waals surface area (Å²) in [5.74, 6) is -0.517. The van der Waals surface area contributed by atoms with Crippen LogP contribution in [0.4, 0.5) is 5.13 Å². The third kappa shape index (κ3) is 3.16. The van der Waals surface area contributed by atoms with Crippen LogP contribution in [0.3, 0.4) is 0 Å². The van der Waals surface area contributed by atoms with Gasteiger partial charge in [-0.1, -0.05) is 34.2 Å². The molecule has 1 amide bonds. The maximum Gasteiger partial charge on any atom is 0.337 e. The topological polar surface area (TPSA) is 68.3 Å². The Kier molecular flexibility index (Phi) is 4.72. The molecule has 106 valence electrons. The van der Waals surface area contributed by atoms with Crippen molar-refractivity contribution in [3.8, 4) is 0 Å². The van der Waals surface area contributed by atoms with Crippen molar-refractivity contribution in [2.24, 2.45) is 0 Å². The number of methoxy groups -OCH3 is 1. The van der Waals surface area contributed by atoms with E-state index in [-0.39, 0.29) is 10.7 Å². The maximum atomic E-state index is 11.8. The molecule has 7 heteroatoms. The SMILES string of the molecule is CC[C@@H](Br)C(=O)Nc1nc2ccc(C(=O)OC)cc2s1. The predicted molar refractivity (Wildman–Crippen MR) is 82.6 cm³/mol. The van der Waals surface area contributed by atoms with Gasteiger partial charge >= 0.3 is 5.97 Å². The van der Waals surface area contributed by atoms with Crippen LogP contribution < -0.4 is 5.32 Å². The fourth-order valence-corrected chi connectivity index (χ4v) is 2.61. The molecule has 1 N–H and O–H groups in total. The number of nitrogens with one attached hydrogen (secondary N) is 1. The standard InChI is InChI=1S/C13H13BrN2O3S/c1-3-8(14)11(17)16-13-15-9-5-4-7(12(18)19-2)6-10(9)20-13/h4-6,8H,3H2,1-2H3,(H,15,16,17)/t8-/m1/s1. The quantitative estimate of drug-likeness (QED) is 0.674. The van der Waals surface area contributed by atoms with Gasteiger partial charge in [0.05, 0.1) is 27.7 Å². The lowest BCUT2D eigenvalue weighted by molar-refractivity contribution is -0.115. The molecule has 0 bridgehead atoms. The molecule has 0 aliphatic rings. The highest BCUT2D eigenvalue weighted by Crippen LogP contribution is 2.27. The van der Waals surface area contributed by atoms with Crippen LogP contribution in [0, 0.1) is 0 Å². The van der Waals surface area contributed by atoms with Crippen LogP contribution in [0.2, 0.25) is 0 Å². The summed E-state index contributed by atoms with van der Waals surface area (Å²) in [5, 5.41) is 3.27. The minimum atomic E-state index is -0.391. The van der Waals surface area contributed by atoms with Gasteiger partial charge in [0.2, 0.25) is 5.91 Å². The summed E-state index contributed by atoms with van der Waals surface area (Å²) in [6, 6.07) is 5.10. The first-order valence-electron chi connectivity index (χ1n) is 5.99. The summed E-state index contributed by atoms with van der Waals surface area (Å²) in [4.78, 5) is 27.3. The van der Waals surface area contributed by atoms with Crippen LogP contribution in [0.15, 0.2) is 18.2 Å². The van der Waals surface area contributed by atoms with Gasteiger partial charge in [0.1, 0.15) is 0 Å². The number of rotatable bonds is 4. The smallest absolute Gasteiger partial charge is 0.337 e. The number of aromatic nitrogens is 1. The van der Waals surface area contributed by atoms with Crippen molar-refractivity contribution in [2.75, 3.05) is 12.4 Å². The van der Waals surface area contributed by atoms with Crippen molar-refractivity contribution in [1.29, 1.82) is 0 Å². The third-order valence-corrected chi connectivity index (χ3v) is 4.68. The first-order chi connectivity index (χ1) is 9.55. The Morgan fingerprint density at radius 1 is 1.50 bits per heavy atom. The zero-order valence-corrected chi connectivity index (χ0v) is 13.4. The lowest BCUT2D eigenvalue weighted by atomic mass is 10.2. The number of thiazole rings is 1. The minimum absolute atomic E-state index is 0.125. The second-order valence-electron chi connectivity index (χ2n) is 4.06. The normalized spacial score (nSPS) is 12.2. The van der Waals surface area contributed by atoms with Crippen molar-refractivity contribution in [3.05, 3.63) is 23.8 Å². The first-order valence-corrected chi connectivity index (χ1v) is 7.72. The number of fused-ring (bicyclic) bond motifs is 1. The number of anilines is 1. The molecule has 5 nitrogen and oxygen atoms in total. The van der Waals surface area contributed by atoms with Crippen LogP contribution in [0.1, 0.15) is 23.7 Å². The van der Waals surface area contributed by atoms with E-state index < -0.39 is 5.97 Å². The second-order valence-corrected chi connectivity index (χ2v) is 6.19. The number of carbonyl (C=O) groups excluding carboxylic acids is 2. The van der Waals surface area contributed by atoms with E-state index in [2.05, 4.69) is 31.0 Å². The summed E-state index contributed by atoms with van der Waals surface area (Å²) in [6.45, 7) is 1.92. The molecular formula is C13H13BrN2O3S. The number of amides is 1. The Bertz CT molecular complexity index is 656. The van der Waals surface area contributed by atoms with E-state index in [4.69, 9.17) is 0 Å². The summed E-state index contributed by atoms with van der Waals surface area (Å²) >= 11 is 4.61. The number of nitrogens with zero attached hydrogens (tertiary/aromatic N) is 1. The molecule has 0 spiro atoms. The van der Waals surface area contributed by atoms with Crippen LogP contribution in [-0.2, 0) is 9.53 Å². The van der Waals surface area contributed by atoms with E-state index in [1.807, 2.05) is 6.92 Å². The summed E-state index contributed by atoms with van der Waals surface area (Å²) in [6.07, 6.45) is 0.698. The molecule has 1 atom stereocenters. The highest BCUT2D eigenvalue weighted by molar-refractivity contribution is 9.10. The fourth-order valence-electron chi connectivity index (χ4n) is 1.59. The second kappa shape index (κ2) is 6.32. The molecule has 20 heavy (non-hydrogen) atoms. The van der Waals surface area contributed by atoms with Crippen molar-refractivity contribution < 1.29 is 14.3 Å². The van der Waals surface area contributed by atoms with Crippen molar-refractivity contribution in [3.63, 3.8) is 0 Å². The van der Waals surface area contributed by atoms with E-state index in [1.54, 1.807) is 18.2 Å².